The van der Waals surface area contributed by atoms with Crippen LogP contribution >= 0.6 is 0 Å². The largest absolute Gasteiger partial charge is 0.490 e. The first-order valence-corrected chi connectivity index (χ1v) is 12.4. The van der Waals surface area contributed by atoms with Crippen molar-refractivity contribution in [2.75, 3.05) is 33.4 Å². The molecule has 2 aliphatic heterocycles. The van der Waals surface area contributed by atoms with Crippen molar-refractivity contribution in [3.8, 4) is 0 Å². The van der Waals surface area contributed by atoms with Crippen LogP contribution in [-0.2, 0) is 14.4 Å². The molecule has 0 bridgehead atoms. The summed E-state index contributed by atoms with van der Waals surface area (Å²) in [6.07, 6.45) is 9.42. The zero-order chi connectivity index (χ0) is 24.5. The Morgan fingerprint density at radius 2 is 1.79 bits per heavy atom. The van der Waals surface area contributed by atoms with Gasteiger partial charge in [-0.15, -0.1) is 0 Å². The maximum atomic E-state index is 14.2. The number of piperidine rings is 1. The molecule has 1 aromatic carbocycles. The highest BCUT2D eigenvalue weighted by atomic mass is 16.7. The fourth-order valence-electron chi connectivity index (χ4n) is 5.62. The summed E-state index contributed by atoms with van der Waals surface area (Å²) >= 11 is 0. The number of hydrogen-bond donors (Lipinski definition) is 0. The highest BCUT2D eigenvalue weighted by Gasteiger charge is 2.55. The van der Waals surface area contributed by atoms with Crippen molar-refractivity contribution in [1.82, 2.24) is 9.96 Å². The van der Waals surface area contributed by atoms with Gasteiger partial charge >= 0.3 is 0 Å². The number of rotatable bonds is 9. The predicted molar refractivity (Wildman–Crippen MR) is 137 cm³/mol. The molecule has 1 saturated heterocycles. The van der Waals surface area contributed by atoms with Crippen LogP contribution in [0.4, 0.5) is 0 Å². The summed E-state index contributed by atoms with van der Waals surface area (Å²) in [4.78, 5) is 21.9. The van der Waals surface area contributed by atoms with Gasteiger partial charge in [0.25, 0.3) is 5.91 Å². The average molecular weight is 463 g/mol. The van der Waals surface area contributed by atoms with Crippen molar-refractivity contribution in [2.45, 2.75) is 52.0 Å². The van der Waals surface area contributed by atoms with Crippen LogP contribution in [0.25, 0.3) is 5.57 Å². The molecule has 1 spiro atoms. The molecule has 0 atom stereocenters. The summed E-state index contributed by atoms with van der Waals surface area (Å²) in [6, 6.07) is 4.33. The van der Waals surface area contributed by atoms with Crippen molar-refractivity contribution in [1.29, 1.82) is 0 Å². The molecule has 5 heteroatoms. The standard InChI is InChI=1S/C29H38N2O3/c1-7-9-23(8-2)19-34-27-26(25-21(4)16-20(3)17-22(25)5)28(32)31(18-24-10-11-24)29(27)12-14-30(33-6)15-13-29/h7-9,16-17,24H,1-2,10-15,18-19H2,3-6H3/b23-9+. The van der Waals surface area contributed by atoms with Crippen LogP contribution in [0, 0.1) is 26.7 Å². The fraction of sp³-hybridized carbons (Fsp3) is 0.483. The first-order valence-electron chi connectivity index (χ1n) is 12.4. The molecule has 2 fully saturated rings. The van der Waals surface area contributed by atoms with Gasteiger partial charge in [0.1, 0.15) is 17.9 Å². The van der Waals surface area contributed by atoms with Gasteiger partial charge in [0.2, 0.25) is 0 Å². The molecule has 0 aromatic heterocycles. The van der Waals surface area contributed by atoms with Crippen molar-refractivity contribution >= 4 is 11.5 Å². The van der Waals surface area contributed by atoms with Crippen LogP contribution in [0.5, 0.6) is 0 Å². The Morgan fingerprint density at radius 3 is 2.32 bits per heavy atom. The number of nitrogens with zero attached hydrogens (tertiary/aromatic N) is 2. The predicted octanol–water partition coefficient (Wildman–Crippen LogP) is 5.29. The Hall–Kier alpha value is -2.63. The van der Waals surface area contributed by atoms with Gasteiger partial charge in [-0.05, 0) is 74.6 Å². The number of aryl methyl sites for hydroxylation is 3. The van der Waals surface area contributed by atoms with E-state index in [2.05, 4.69) is 51.0 Å². The molecule has 3 aliphatic rings. The lowest BCUT2D eigenvalue weighted by Crippen LogP contribution is -2.55. The Morgan fingerprint density at radius 1 is 1.15 bits per heavy atom. The second kappa shape index (κ2) is 9.93. The number of carbonyl (C=O) groups excluding carboxylic acids is 1. The van der Waals surface area contributed by atoms with E-state index in [0.717, 1.165) is 66.1 Å². The Kier molecular flexibility index (Phi) is 7.15. The quantitative estimate of drug-likeness (QED) is 0.468. The third-order valence-electron chi connectivity index (χ3n) is 7.48. The van der Waals surface area contributed by atoms with Gasteiger partial charge in [-0.1, -0.05) is 49.1 Å². The van der Waals surface area contributed by atoms with Crippen molar-refractivity contribution in [2.24, 2.45) is 5.92 Å². The smallest absolute Gasteiger partial charge is 0.258 e. The maximum absolute atomic E-state index is 14.2. The van der Waals surface area contributed by atoms with E-state index in [9.17, 15) is 4.79 Å². The van der Waals surface area contributed by atoms with E-state index in [4.69, 9.17) is 9.57 Å². The number of hydrogen-bond acceptors (Lipinski definition) is 4. The lowest BCUT2D eigenvalue weighted by Gasteiger charge is -2.45. The van der Waals surface area contributed by atoms with Crippen LogP contribution < -0.4 is 0 Å². The molecule has 1 aromatic rings. The lowest BCUT2D eigenvalue weighted by atomic mass is 9.83. The van der Waals surface area contributed by atoms with E-state index < -0.39 is 5.54 Å². The Balaban J connectivity index is 1.86. The van der Waals surface area contributed by atoms with Gasteiger partial charge in [0.05, 0.1) is 12.7 Å². The molecule has 2 heterocycles. The molecule has 0 radical (unpaired) electrons. The summed E-state index contributed by atoms with van der Waals surface area (Å²) in [6.45, 7) is 16.7. The van der Waals surface area contributed by atoms with E-state index >= 15 is 0 Å². The number of amides is 1. The highest BCUT2D eigenvalue weighted by molar-refractivity contribution is 6.24. The molecule has 0 N–H and O–H groups in total. The first-order chi connectivity index (χ1) is 16.3. The van der Waals surface area contributed by atoms with Crippen molar-refractivity contribution < 1.29 is 14.4 Å². The van der Waals surface area contributed by atoms with Gasteiger partial charge in [-0.25, -0.2) is 0 Å². The zero-order valence-corrected chi connectivity index (χ0v) is 21.2. The minimum atomic E-state index is -0.450. The summed E-state index contributed by atoms with van der Waals surface area (Å²) < 4.78 is 6.65. The molecule has 1 aliphatic carbocycles. The topological polar surface area (TPSA) is 42.0 Å². The van der Waals surface area contributed by atoms with Crippen LogP contribution in [0.1, 0.15) is 47.9 Å². The van der Waals surface area contributed by atoms with E-state index in [1.807, 2.05) is 11.1 Å². The van der Waals surface area contributed by atoms with Gasteiger partial charge in [-0.3, -0.25) is 4.79 Å². The van der Waals surface area contributed by atoms with Gasteiger partial charge in [0, 0.05) is 19.6 Å². The zero-order valence-electron chi connectivity index (χ0n) is 21.2. The van der Waals surface area contributed by atoms with E-state index in [-0.39, 0.29) is 5.91 Å². The van der Waals surface area contributed by atoms with E-state index in [0.29, 0.717) is 12.5 Å². The molecule has 1 saturated carbocycles. The Labute approximate surface area is 204 Å². The SMILES string of the molecule is C=C/C=C(\C=C)COC1=C(c2c(C)cc(C)cc2C)C(=O)N(CC2CC2)C12CCN(OC)CC2. The van der Waals surface area contributed by atoms with Gasteiger partial charge in [-0.2, -0.15) is 5.06 Å². The molecular formula is C29H38N2O3. The number of carbonyl (C=O) groups is 1. The van der Waals surface area contributed by atoms with E-state index in [1.165, 1.54) is 18.4 Å². The number of ether oxygens (including phenoxy) is 1. The Bertz CT molecular complexity index is 1020. The van der Waals surface area contributed by atoms with Gasteiger partial charge < -0.3 is 14.5 Å². The van der Waals surface area contributed by atoms with Crippen LogP contribution in [0.3, 0.4) is 0 Å². The molecule has 34 heavy (non-hydrogen) atoms. The minimum Gasteiger partial charge on any atom is -0.490 e. The second-order valence-corrected chi connectivity index (χ2v) is 9.95. The van der Waals surface area contributed by atoms with Crippen LogP contribution in [-0.4, -0.2) is 54.8 Å². The molecule has 0 unspecified atom stereocenters. The highest BCUT2D eigenvalue weighted by Crippen LogP contribution is 2.49. The molecular weight excluding hydrogens is 424 g/mol. The maximum Gasteiger partial charge on any atom is 0.258 e. The summed E-state index contributed by atoms with van der Waals surface area (Å²) in [5.41, 5.74) is 5.68. The lowest BCUT2D eigenvalue weighted by molar-refractivity contribution is -0.164. The van der Waals surface area contributed by atoms with Crippen molar-refractivity contribution in [3.05, 3.63) is 77.1 Å². The molecule has 5 nitrogen and oxygen atoms in total. The molecule has 182 valence electrons. The third kappa shape index (κ3) is 4.51. The number of hydroxylamine groups is 2. The summed E-state index contributed by atoms with van der Waals surface area (Å²) in [5.74, 6) is 1.52. The number of allylic oxidation sites excluding steroid dienone is 2. The average Bonchev–Trinajstić information content (AvgIpc) is 3.61. The fourth-order valence-corrected chi connectivity index (χ4v) is 5.62. The first kappa shape index (κ1) is 24.5. The summed E-state index contributed by atoms with van der Waals surface area (Å²) in [5, 5.41) is 1.98. The number of benzene rings is 1. The van der Waals surface area contributed by atoms with E-state index in [1.54, 1.807) is 19.3 Å². The molecule has 1 amide bonds. The van der Waals surface area contributed by atoms with Crippen molar-refractivity contribution in [3.63, 3.8) is 0 Å². The normalized spacial score (nSPS) is 20.9. The van der Waals surface area contributed by atoms with Gasteiger partial charge in [0.15, 0.2) is 0 Å². The van der Waals surface area contributed by atoms with Crippen LogP contribution in [0.2, 0.25) is 0 Å². The second-order valence-electron chi connectivity index (χ2n) is 9.95. The third-order valence-corrected chi connectivity index (χ3v) is 7.48. The summed E-state index contributed by atoms with van der Waals surface area (Å²) in [7, 11) is 1.72. The monoisotopic (exact) mass is 462 g/mol. The minimum absolute atomic E-state index is 0.107. The molecule has 4 rings (SSSR count). The van der Waals surface area contributed by atoms with Crippen LogP contribution in [0.15, 0.2) is 54.9 Å².